The van der Waals surface area contributed by atoms with Gasteiger partial charge < -0.3 is 10.1 Å². The molecule has 0 bridgehead atoms. The van der Waals surface area contributed by atoms with Crippen LogP contribution in [0.25, 0.3) is 16.9 Å². The number of hydrogen-bond donors (Lipinski definition) is 1. The van der Waals surface area contributed by atoms with E-state index in [9.17, 15) is 14.9 Å². The minimum Gasteiger partial charge on any atom is -0.457 e. The highest BCUT2D eigenvalue weighted by molar-refractivity contribution is 6.03. The first-order valence-electron chi connectivity index (χ1n) is 12.0. The molecule has 1 amide bonds. The van der Waals surface area contributed by atoms with Gasteiger partial charge in [0.15, 0.2) is 11.3 Å². The van der Waals surface area contributed by atoms with Gasteiger partial charge in [-0.25, -0.2) is 9.50 Å². The number of aromatic nitrogens is 5. The van der Waals surface area contributed by atoms with Crippen LogP contribution in [0.2, 0.25) is 0 Å². The molecule has 38 heavy (non-hydrogen) atoms. The number of benzene rings is 2. The zero-order valence-electron chi connectivity index (χ0n) is 21.3. The monoisotopic (exact) mass is 511 g/mol. The first-order chi connectivity index (χ1) is 18.2. The third-order valence-corrected chi connectivity index (χ3v) is 6.06. The Morgan fingerprint density at radius 2 is 1.79 bits per heavy atom. The fourth-order valence-corrected chi connectivity index (χ4v) is 4.37. The van der Waals surface area contributed by atoms with Crippen LogP contribution in [0.3, 0.4) is 0 Å². The Labute approximate surface area is 217 Å². The Bertz CT molecular complexity index is 1680. The van der Waals surface area contributed by atoms with Gasteiger partial charge in [0, 0.05) is 42.2 Å². The summed E-state index contributed by atoms with van der Waals surface area (Å²) in [5, 5.41) is 23.1. The quantitative estimate of drug-likeness (QED) is 0.226. The number of ether oxygens (including phenoxy) is 1. The lowest BCUT2D eigenvalue weighted by Gasteiger charge is -2.10. The topological polar surface area (TPSA) is 129 Å². The Kier molecular flexibility index (Phi) is 6.33. The summed E-state index contributed by atoms with van der Waals surface area (Å²) in [4.78, 5) is 28.5. The van der Waals surface area contributed by atoms with E-state index in [2.05, 4.69) is 20.5 Å². The maximum absolute atomic E-state index is 13.1. The van der Waals surface area contributed by atoms with Crippen LogP contribution in [-0.4, -0.2) is 35.2 Å². The average Bonchev–Trinajstić information content (AvgIpc) is 3.46. The summed E-state index contributed by atoms with van der Waals surface area (Å²) in [6, 6.07) is 13.1. The standard InChI is InChI=1S/C27H25N7O4/c1-5-32-18(4)23(15-29-32)25-6-7-28-26-14-24(31-33(25)26)27(35)30-19-11-20(34(36)37)13-22(12-19)38-21-9-16(2)8-17(3)10-21/h6-15H,5H2,1-4H3,(H,30,35). The van der Waals surface area contributed by atoms with E-state index >= 15 is 0 Å². The van der Waals surface area contributed by atoms with Gasteiger partial charge in [-0.05, 0) is 57.0 Å². The molecule has 0 radical (unpaired) electrons. The van der Waals surface area contributed by atoms with Crippen molar-refractivity contribution in [3.8, 4) is 22.8 Å². The number of carbonyl (C=O) groups is 1. The minimum absolute atomic E-state index is 0.105. The number of hydrogen-bond acceptors (Lipinski definition) is 7. The summed E-state index contributed by atoms with van der Waals surface area (Å²) < 4.78 is 9.36. The number of nitro benzene ring substituents is 1. The van der Waals surface area contributed by atoms with E-state index < -0.39 is 10.8 Å². The molecule has 0 saturated heterocycles. The van der Waals surface area contributed by atoms with Crippen LogP contribution in [0.4, 0.5) is 11.4 Å². The van der Waals surface area contributed by atoms with E-state index in [1.807, 2.05) is 56.6 Å². The van der Waals surface area contributed by atoms with Gasteiger partial charge in [-0.2, -0.15) is 10.2 Å². The van der Waals surface area contributed by atoms with Crippen molar-refractivity contribution in [2.24, 2.45) is 0 Å². The molecule has 0 saturated carbocycles. The molecule has 0 spiro atoms. The summed E-state index contributed by atoms with van der Waals surface area (Å²) in [7, 11) is 0. The van der Waals surface area contributed by atoms with Crippen molar-refractivity contribution < 1.29 is 14.5 Å². The van der Waals surface area contributed by atoms with Gasteiger partial charge in [0.25, 0.3) is 11.6 Å². The molecule has 5 rings (SSSR count). The van der Waals surface area contributed by atoms with E-state index in [1.165, 1.54) is 18.2 Å². The summed E-state index contributed by atoms with van der Waals surface area (Å²) in [6.07, 6.45) is 3.41. The third kappa shape index (κ3) is 4.81. The Hall–Kier alpha value is -5.06. The summed E-state index contributed by atoms with van der Waals surface area (Å²) in [5.74, 6) is 0.225. The maximum Gasteiger partial charge on any atom is 0.276 e. The number of carbonyl (C=O) groups excluding carboxylic acids is 1. The van der Waals surface area contributed by atoms with Gasteiger partial charge in [-0.3, -0.25) is 19.6 Å². The van der Waals surface area contributed by atoms with Crippen LogP contribution in [0.1, 0.15) is 34.2 Å². The van der Waals surface area contributed by atoms with Gasteiger partial charge >= 0.3 is 0 Å². The van der Waals surface area contributed by atoms with Crippen LogP contribution < -0.4 is 10.1 Å². The molecule has 11 heteroatoms. The molecule has 5 aromatic rings. The van der Waals surface area contributed by atoms with E-state index in [0.29, 0.717) is 11.4 Å². The molecule has 0 atom stereocenters. The molecule has 0 aliphatic heterocycles. The van der Waals surface area contributed by atoms with E-state index in [0.717, 1.165) is 34.6 Å². The number of nitrogens with one attached hydrogen (secondary N) is 1. The van der Waals surface area contributed by atoms with Crippen molar-refractivity contribution in [2.45, 2.75) is 34.2 Å². The Morgan fingerprint density at radius 3 is 2.47 bits per heavy atom. The molecule has 0 aliphatic rings. The van der Waals surface area contributed by atoms with Gasteiger partial charge in [0.2, 0.25) is 0 Å². The van der Waals surface area contributed by atoms with Crippen molar-refractivity contribution in [2.75, 3.05) is 5.32 Å². The fourth-order valence-electron chi connectivity index (χ4n) is 4.37. The number of aryl methyl sites for hydroxylation is 3. The molecule has 3 aromatic heterocycles. The molecule has 1 N–H and O–H groups in total. The highest BCUT2D eigenvalue weighted by atomic mass is 16.6. The lowest BCUT2D eigenvalue weighted by Crippen LogP contribution is -2.13. The highest BCUT2D eigenvalue weighted by Gasteiger charge is 2.19. The average molecular weight is 512 g/mol. The normalized spacial score (nSPS) is 11.1. The summed E-state index contributed by atoms with van der Waals surface area (Å²) in [6.45, 7) is 8.57. The number of non-ortho nitro benzene ring substituents is 1. The molecule has 192 valence electrons. The van der Waals surface area contributed by atoms with Crippen LogP contribution in [0, 0.1) is 30.9 Å². The molecule has 11 nitrogen and oxygen atoms in total. The van der Waals surface area contributed by atoms with Gasteiger partial charge in [-0.15, -0.1) is 0 Å². The number of nitro groups is 1. The van der Waals surface area contributed by atoms with Crippen molar-refractivity contribution in [3.05, 3.63) is 93.6 Å². The summed E-state index contributed by atoms with van der Waals surface area (Å²) >= 11 is 0. The number of amides is 1. The minimum atomic E-state index is -0.541. The molecule has 0 unspecified atom stereocenters. The van der Waals surface area contributed by atoms with Gasteiger partial charge in [-0.1, -0.05) is 6.07 Å². The van der Waals surface area contributed by atoms with E-state index in [4.69, 9.17) is 4.74 Å². The molecular formula is C27H25N7O4. The summed E-state index contributed by atoms with van der Waals surface area (Å²) in [5.41, 5.74) is 5.15. The second-order valence-electron chi connectivity index (χ2n) is 8.94. The third-order valence-electron chi connectivity index (χ3n) is 6.06. The highest BCUT2D eigenvalue weighted by Crippen LogP contribution is 2.31. The van der Waals surface area contributed by atoms with Crippen molar-refractivity contribution in [1.29, 1.82) is 0 Å². The number of nitrogens with zero attached hydrogens (tertiary/aromatic N) is 6. The first kappa shape index (κ1) is 24.6. The second-order valence-corrected chi connectivity index (χ2v) is 8.94. The largest absolute Gasteiger partial charge is 0.457 e. The van der Waals surface area contributed by atoms with Crippen molar-refractivity contribution in [3.63, 3.8) is 0 Å². The SMILES string of the molecule is CCn1ncc(-c2ccnc3cc(C(=O)Nc4cc(Oc5cc(C)cc(C)c5)cc([N+](=O)[O-])c4)nn23)c1C. The van der Waals surface area contributed by atoms with E-state index in [-0.39, 0.29) is 22.8 Å². The van der Waals surface area contributed by atoms with E-state index in [1.54, 1.807) is 23.0 Å². The number of rotatable bonds is 7. The van der Waals surface area contributed by atoms with Crippen LogP contribution in [0.15, 0.2) is 60.9 Å². The van der Waals surface area contributed by atoms with Gasteiger partial charge in [0.1, 0.15) is 11.5 Å². The maximum atomic E-state index is 13.1. The molecule has 0 aliphatic carbocycles. The fraction of sp³-hybridized carbons (Fsp3) is 0.185. The molecular weight excluding hydrogens is 486 g/mol. The molecule has 2 aromatic carbocycles. The first-order valence-corrected chi connectivity index (χ1v) is 12.0. The smallest absolute Gasteiger partial charge is 0.276 e. The predicted octanol–water partition coefficient (Wildman–Crippen LogP) is 5.49. The predicted molar refractivity (Wildman–Crippen MR) is 142 cm³/mol. The molecule has 0 fully saturated rings. The Balaban J connectivity index is 1.46. The van der Waals surface area contributed by atoms with Crippen molar-refractivity contribution >= 4 is 22.9 Å². The molecule has 3 heterocycles. The second kappa shape index (κ2) is 9.77. The Morgan fingerprint density at radius 1 is 1.05 bits per heavy atom. The van der Waals surface area contributed by atoms with Crippen LogP contribution >= 0.6 is 0 Å². The number of fused-ring (bicyclic) bond motifs is 1. The zero-order valence-corrected chi connectivity index (χ0v) is 21.3. The zero-order chi connectivity index (χ0) is 27.0. The van der Waals surface area contributed by atoms with Crippen LogP contribution in [0.5, 0.6) is 11.5 Å². The van der Waals surface area contributed by atoms with Gasteiger partial charge in [0.05, 0.1) is 28.6 Å². The lowest BCUT2D eigenvalue weighted by atomic mass is 10.1. The number of anilines is 1. The van der Waals surface area contributed by atoms with Crippen molar-refractivity contribution in [1.82, 2.24) is 24.4 Å². The van der Waals surface area contributed by atoms with Crippen LogP contribution in [-0.2, 0) is 6.54 Å². The lowest BCUT2D eigenvalue weighted by molar-refractivity contribution is -0.384.